The van der Waals surface area contributed by atoms with Gasteiger partial charge in [-0.25, -0.2) is 0 Å². The summed E-state index contributed by atoms with van der Waals surface area (Å²) in [6.45, 7) is 13.7. The van der Waals surface area contributed by atoms with Crippen LogP contribution in [0.5, 0.6) is 0 Å². The number of rotatable bonds is 28. The van der Waals surface area contributed by atoms with Crippen molar-refractivity contribution in [1.29, 1.82) is 0 Å². The number of hydrogen-bond donors (Lipinski definition) is 0. The van der Waals surface area contributed by atoms with Gasteiger partial charge in [-0.15, -0.1) is 68.0 Å². The maximum Gasteiger partial charge on any atom is 0.101 e. The lowest BCUT2D eigenvalue weighted by Crippen LogP contribution is -2.11. The van der Waals surface area contributed by atoms with Crippen molar-refractivity contribution in [2.75, 3.05) is 79.3 Å². The zero-order valence-corrected chi connectivity index (χ0v) is 44.0. The molecule has 0 atom stereocenters. The average molecular weight is 1020 g/mol. The maximum absolute atomic E-state index is 5.99. The fourth-order valence-corrected chi connectivity index (χ4v) is 14.9. The van der Waals surface area contributed by atoms with Crippen LogP contribution in [0.4, 0.5) is 0 Å². The van der Waals surface area contributed by atoms with Crippen LogP contribution >= 0.6 is 68.0 Å². The third kappa shape index (κ3) is 12.2. The van der Waals surface area contributed by atoms with Gasteiger partial charge in [0.1, 0.15) is 5.00 Å². The van der Waals surface area contributed by atoms with E-state index in [-0.39, 0.29) is 0 Å². The minimum absolute atomic E-state index is 0.573. The standard InChI is InChI=1S/C55H59NO6S6/c1-4-9-38-12-13-43-41(36-38)40-10-7-8-11-42(40)56(43)55-23-22-52(68-55)51-19-18-48(66-51)47-15-14-45(64-47)46-16-17-49(65-46)50-20-21-53(67-50)54-37-39(24-26-59-32-34-61-30-28-57-5-2)44(63-54)25-27-60-33-35-62-31-29-58-6-3/h7-8,10-23,36-37H,4-6,9,24-35H2,1-3H3. The fraction of sp³-hybridized carbons (Fsp3) is 0.345. The normalized spacial score (nSPS) is 11.9. The van der Waals surface area contributed by atoms with Gasteiger partial charge in [0.25, 0.3) is 0 Å². The molecule has 0 aliphatic heterocycles. The lowest BCUT2D eigenvalue weighted by molar-refractivity contribution is 0.0170. The first-order valence-corrected chi connectivity index (χ1v) is 28.6. The molecular formula is C55H59NO6S6. The van der Waals surface area contributed by atoms with Crippen LogP contribution in [-0.2, 0) is 47.7 Å². The van der Waals surface area contributed by atoms with E-state index in [1.54, 1.807) is 0 Å². The highest BCUT2D eigenvalue weighted by Crippen LogP contribution is 2.47. The fourth-order valence-electron chi connectivity index (χ4n) is 8.22. The van der Waals surface area contributed by atoms with Crippen LogP contribution in [-0.4, -0.2) is 83.8 Å². The molecule has 13 heteroatoms. The van der Waals surface area contributed by atoms with Crippen LogP contribution in [0.1, 0.15) is 43.2 Å². The Balaban J connectivity index is 0.841. The molecule has 9 rings (SSSR count). The molecule has 2 aromatic carbocycles. The Hall–Kier alpha value is -3.80. The van der Waals surface area contributed by atoms with Crippen molar-refractivity contribution in [1.82, 2.24) is 4.57 Å². The van der Waals surface area contributed by atoms with Crippen molar-refractivity contribution >= 4 is 89.8 Å². The predicted octanol–water partition coefficient (Wildman–Crippen LogP) is 15.7. The van der Waals surface area contributed by atoms with Gasteiger partial charge in [0, 0.05) is 84.1 Å². The molecule has 0 fully saturated rings. The van der Waals surface area contributed by atoms with Gasteiger partial charge >= 0.3 is 0 Å². The molecule has 0 unspecified atom stereocenters. The van der Waals surface area contributed by atoms with Gasteiger partial charge < -0.3 is 33.0 Å². The Morgan fingerprint density at radius 2 is 0.824 bits per heavy atom. The van der Waals surface area contributed by atoms with E-state index in [2.05, 4.69) is 121 Å². The van der Waals surface area contributed by atoms with E-state index in [9.17, 15) is 0 Å². The number of aromatic nitrogens is 1. The van der Waals surface area contributed by atoms with E-state index in [1.807, 2.05) is 81.9 Å². The third-order valence-corrected chi connectivity index (χ3v) is 19.1. The molecule has 0 saturated carbocycles. The summed E-state index contributed by atoms with van der Waals surface area (Å²) in [5, 5.41) is 3.90. The van der Waals surface area contributed by atoms with Gasteiger partial charge in [0.05, 0.1) is 77.1 Å². The molecule has 7 aromatic heterocycles. The van der Waals surface area contributed by atoms with Gasteiger partial charge in [-0.3, -0.25) is 0 Å². The van der Waals surface area contributed by atoms with Crippen molar-refractivity contribution < 1.29 is 28.4 Å². The van der Waals surface area contributed by atoms with Crippen molar-refractivity contribution in [2.45, 2.75) is 46.5 Å². The molecule has 0 bridgehead atoms. The Morgan fingerprint density at radius 3 is 1.37 bits per heavy atom. The second-order valence-corrected chi connectivity index (χ2v) is 22.7. The lowest BCUT2D eigenvalue weighted by atomic mass is 10.1. The summed E-state index contributed by atoms with van der Waals surface area (Å²) in [5.74, 6) is 0. The molecule has 0 radical (unpaired) electrons. The van der Waals surface area contributed by atoms with Crippen molar-refractivity contribution in [3.05, 3.63) is 125 Å². The van der Waals surface area contributed by atoms with Crippen LogP contribution in [0.3, 0.4) is 0 Å². The second-order valence-electron chi connectivity index (χ2n) is 16.1. The Labute approximate surface area is 424 Å². The maximum atomic E-state index is 5.99. The number of hydrogen-bond acceptors (Lipinski definition) is 12. The molecule has 356 valence electrons. The van der Waals surface area contributed by atoms with E-state index in [1.165, 1.54) is 91.6 Å². The van der Waals surface area contributed by atoms with Gasteiger partial charge in [-0.2, -0.15) is 0 Å². The van der Waals surface area contributed by atoms with Crippen LogP contribution < -0.4 is 0 Å². The molecule has 0 saturated heterocycles. The van der Waals surface area contributed by atoms with Gasteiger partial charge in [0.2, 0.25) is 0 Å². The number of ether oxygens (including phenoxy) is 6. The number of fused-ring (bicyclic) bond motifs is 3. The number of aryl methyl sites for hydroxylation is 1. The number of para-hydroxylation sites is 1. The molecule has 0 amide bonds. The van der Waals surface area contributed by atoms with E-state index >= 15 is 0 Å². The predicted molar refractivity (Wildman–Crippen MR) is 293 cm³/mol. The first-order chi connectivity index (χ1) is 33.6. The summed E-state index contributed by atoms with van der Waals surface area (Å²) in [6, 6.07) is 41.1. The lowest BCUT2D eigenvalue weighted by Gasteiger charge is -2.08. The van der Waals surface area contributed by atoms with Crippen molar-refractivity contribution in [2.24, 2.45) is 0 Å². The van der Waals surface area contributed by atoms with E-state index in [4.69, 9.17) is 28.4 Å². The minimum atomic E-state index is 0.573. The smallest absolute Gasteiger partial charge is 0.101 e. The zero-order chi connectivity index (χ0) is 46.5. The van der Waals surface area contributed by atoms with Gasteiger partial charge in [-0.1, -0.05) is 37.6 Å². The molecular weight excluding hydrogens is 963 g/mol. The van der Waals surface area contributed by atoms with Crippen LogP contribution in [0.25, 0.3) is 75.6 Å². The van der Waals surface area contributed by atoms with Crippen molar-refractivity contribution in [3.8, 4) is 53.8 Å². The Morgan fingerprint density at radius 1 is 0.368 bits per heavy atom. The second kappa shape index (κ2) is 24.8. The summed E-state index contributed by atoms with van der Waals surface area (Å²) in [6.07, 6.45) is 3.97. The Bertz CT molecular complexity index is 2920. The molecule has 0 aliphatic rings. The SMILES string of the molecule is CCCc1ccc2c(c1)c1ccccc1n2-c1ccc(-c2ccc(-c3ccc(-c4ccc(-c5ccc(-c6cc(CCOCCOCCOCC)c(CCOCCOCCOCC)s6)s5)s4)s3)s2)s1. The summed E-state index contributed by atoms with van der Waals surface area (Å²) in [7, 11) is 0. The molecule has 7 heterocycles. The molecule has 68 heavy (non-hydrogen) atoms. The molecule has 0 aliphatic carbocycles. The quantitative estimate of drug-likeness (QED) is 0.0456. The van der Waals surface area contributed by atoms with Crippen LogP contribution in [0.2, 0.25) is 0 Å². The van der Waals surface area contributed by atoms with Crippen LogP contribution in [0, 0.1) is 0 Å². The zero-order valence-electron chi connectivity index (χ0n) is 39.1. The van der Waals surface area contributed by atoms with Gasteiger partial charge in [0.15, 0.2) is 0 Å². The van der Waals surface area contributed by atoms with E-state index < -0.39 is 0 Å². The molecule has 0 N–H and O–H groups in total. The number of nitrogens with zero attached hydrogens (tertiary/aromatic N) is 1. The topological polar surface area (TPSA) is 60.3 Å². The average Bonchev–Trinajstić information content (AvgIpc) is 4.22. The molecule has 9 aromatic rings. The molecule has 0 spiro atoms. The first-order valence-electron chi connectivity index (χ1n) is 23.7. The summed E-state index contributed by atoms with van der Waals surface area (Å²) >= 11 is 11.3. The van der Waals surface area contributed by atoms with Crippen molar-refractivity contribution in [3.63, 3.8) is 0 Å². The summed E-state index contributed by atoms with van der Waals surface area (Å²) < 4.78 is 36.4. The first kappa shape index (κ1) is 49.2. The monoisotopic (exact) mass is 1020 g/mol. The van der Waals surface area contributed by atoms with E-state index in [0.29, 0.717) is 79.3 Å². The molecule has 7 nitrogen and oxygen atoms in total. The van der Waals surface area contributed by atoms with Crippen LogP contribution in [0.15, 0.2) is 109 Å². The summed E-state index contributed by atoms with van der Waals surface area (Å²) in [5.41, 5.74) is 5.27. The Kier molecular flexibility index (Phi) is 18.0. The largest absolute Gasteiger partial charge is 0.379 e. The number of benzene rings is 2. The highest BCUT2D eigenvalue weighted by atomic mass is 32.1. The minimum Gasteiger partial charge on any atom is -0.379 e. The summed E-state index contributed by atoms with van der Waals surface area (Å²) in [4.78, 5) is 14.4. The highest BCUT2D eigenvalue weighted by Gasteiger charge is 2.18. The highest BCUT2D eigenvalue weighted by molar-refractivity contribution is 7.30. The third-order valence-electron chi connectivity index (χ3n) is 11.5. The van der Waals surface area contributed by atoms with Gasteiger partial charge in [-0.05, 0) is 123 Å². The number of thiophene rings is 6. The van der Waals surface area contributed by atoms with E-state index in [0.717, 1.165) is 25.7 Å².